The number of nitrogens with zero attached hydrogens (tertiary/aromatic N) is 5. The molecule has 0 aliphatic heterocycles. The molecule has 0 unspecified atom stereocenters. The minimum Gasteiger partial charge on any atom is -0.283 e. The number of anilines is 1. The van der Waals surface area contributed by atoms with Crippen LogP contribution in [0.4, 0.5) is 5.69 Å². The van der Waals surface area contributed by atoms with Gasteiger partial charge in [0.15, 0.2) is 0 Å². The number of carbonyl (C=O) groups excluding carboxylic acids is 1. The highest BCUT2D eigenvalue weighted by Crippen LogP contribution is 2.25. The summed E-state index contributed by atoms with van der Waals surface area (Å²) in [6.45, 7) is 0.965. The summed E-state index contributed by atoms with van der Waals surface area (Å²) < 4.78 is 31.1. The lowest BCUT2D eigenvalue weighted by Crippen LogP contribution is -2.42. The molecule has 10 nitrogen and oxygen atoms in total. The quantitative estimate of drug-likeness (QED) is 0.292. The SMILES string of the molecule is Cc1c(N(CC(=O)NN=Cc2ccccn2)S(=O)(=O)c2ccccc2)c(=O)n(-c2ccccc2)n1C. The average Bonchev–Trinajstić information content (AvgIpc) is 3.11. The molecule has 4 rings (SSSR count). The van der Waals surface area contributed by atoms with Crippen LogP contribution in [0.25, 0.3) is 5.69 Å². The lowest BCUT2D eigenvalue weighted by Gasteiger charge is -2.22. The number of rotatable bonds is 8. The van der Waals surface area contributed by atoms with Crippen molar-refractivity contribution < 1.29 is 13.2 Å². The normalized spacial score (nSPS) is 11.5. The monoisotopic (exact) mass is 504 g/mol. The Hall–Kier alpha value is -4.51. The summed E-state index contributed by atoms with van der Waals surface area (Å²) in [7, 11) is -2.62. The van der Waals surface area contributed by atoms with Crippen molar-refractivity contribution in [2.24, 2.45) is 12.1 Å². The maximum atomic E-state index is 13.7. The van der Waals surface area contributed by atoms with Crippen LogP contribution < -0.4 is 15.3 Å². The molecule has 2 aromatic heterocycles. The maximum Gasteiger partial charge on any atom is 0.296 e. The van der Waals surface area contributed by atoms with Gasteiger partial charge in [-0.1, -0.05) is 42.5 Å². The van der Waals surface area contributed by atoms with Gasteiger partial charge in [-0.25, -0.2) is 22.8 Å². The molecule has 1 N–H and O–H groups in total. The molecule has 2 aromatic carbocycles. The number of pyridine rings is 1. The van der Waals surface area contributed by atoms with Crippen LogP contribution >= 0.6 is 0 Å². The number of sulfonamides is 1. The Bertz CT molecular complexity index is 1550. The first kappa shape index (κ1) is 24.6. The van der Waals surface area contributed by atoms with E-state index in [0.717, 1.165) is 4.31 Å². The highest BCUT2D eigenvalue weighted by molar-refractivity contribution is 7.92. The summed E-state index contributed by atoms with van der Waals surface area (Å²) in [5, 5.41) is 3.86. The molecule has 0 saturated heterocycles. The second-order valence-corrected chi connectivity index (χ2v) is 9.64. The van der Waals surface area contributed by atoms with Gasteiger partial charge < -0.3 is 0 Å². The Labute approximate surface area is 208 Å². The smallest absolute Gasteiger partial charge is 0.283 e. The Kier molecular flexibility index (Phi) is 7.11. The Balaban J connectivity index is 1.75. The highest BCUT2D eigenvalue weighted by Gasteiger charge is 2.33. The fourth-order valence-corrected chi connectivity index (χ4v) is 5.13. The molecule has 4 aromatic rings. The molecule has 1 amide bonds. The van der Waals surface area contributed by atoms with E-state index < -0.39 is 28.0 Å². The number of amides is 1. The molecule has 0 radical (unpaired) electrons. The number of nitrogens with one attached hydrogen (secondary N) is 1. The van der Waals surface area contributed by atoms with Crippen molar-refractivity contribution in [3.8, 4) is 5.69 Å². The lowest BCUT2D eigenvalue weighted by atomic mass is 10.3. The van der Waals surface area contributed by atoms with Gasteiger partial charge in [0.05, 0.1) is 28.2 Å². The molecule has 11 heteroatoms. The molecule has 0 saturated carbocycles. The van der Waals surface area contributed by atoms with Gasteiger partial charge in [0.25, 0.3) is 21.5 Å². The number of benzene rings is 2. The molecule has 184 valence electrons. The fraction of sp³-hybridized carbons (Fsp3) is 0.120. The summed E-state index contributed by atoms with van der Waals surface area (Å²) in [4.78, 5) is 30.4. The zero-order valence-corrected chi connectivity index (χ0v) is 20.5. The third-order valence-electron chi connectivity index (χ3n) is 5.47. The molecule has 0 bridgehead atoms. The first-order valence-corrected chi connectivity index (χ1v) is 12.4. The van der Waals surface area contributed by atoms with Crippen LogP contribution in [0, 0.1) is 6.92 Å². The number of hydrogen-bond donors (Lipinski definition) is 1. The molecular formula is C25H24N6O4S. The summed E-state index contributed by atoms with van der Waals surface area (Å²) in [5.74, 6) is -0.726. The maximum absolute atomic E-state index is 13.7. The molecule has 0 aliphatic carbocycles. The standard InChI is InChI=1S/C25H24N6O4S/c1-19-24(25(33)31(29(19)2)21-12-5-3-6-13-21)30(36(34,35)22-14-7-4-8-15-22)18-23(32)28-27-17-20-11-9-10-16-26-20/h3-17H,18H2,1-2H3,(H,28,32). The van der Waals surface area contributed by atoms with Crippen LogP contribution in [-0.2, 0) is 21.9 Å². The van der Waals surface area contributed by atoms with Crippen molar-refractivity contribution in [3.63, 3.8) is 0 Å². The first-order chi connectivity index (χ1) is 17.3. The van der Waals surface area contributed by atoms with E-state index in [-0.39, 0.29) is 10.6 Å². The van der Waals surface area contributed by atoms with Crippen molar-refractivity contribution in [1.82, 2.24) is 19.8 Å². The fourth-order valence-electron chi connectivity index (χ4n) is 3.63. The van der Waals surface area contributed by atoms with E-state index in [2.05, 4.69) is 15.5 Å². The van der Waals surface area contributed by atoms with E-state index in [9.17, 15) is 18.0 Å². The number of carbonyl (C=O) groups is 1. The summed E-state index contributed by atoms with van der Waals surface area (Å²) in [5.41, 5.74) is 3.04. The summed E-state index contributed by atoms with van der Waals surface area (Å²) >= 11 is 0. The van der Waals surface area contributed by atoms with Crippen LogP contribution in [0.15, 0.2) is 99.9 Å². The number of hydrogen-bond acceptors (Lipinski definition) is 6. The highest BCUT2D eigenvalue weighted by atomic mass is 32.2. The van der Waals surface area contributed by atoms with E-state index in [1.54, 1.807) is 85.5 Å². The minimum absolute atomic E-state index is 0.0521. The number of aromatic nitrogens is 3. The van der Waals surface area contributed by atoms with E-state index in [1.807, 2.05) is 6.07 Å². The largest absolute Gasteiger partial charge is 0.296 e. The van der Waals surface area contributed by atoms with Gasteiger partial charge in [-0.2, -0.15) is 5.10 Å². The molecule has 0 spiro atoms. The predicted molar refractivity (Wildman–Crippen MR) is 137 cm³/mol. The van der Waals surface area contributed by atoms with Gasteiger partial charge in [-0.05, 0) is 43.3 Å². The van der Waals surface area contributed by atoms with Crippen LogP contribution in [0.5, 0.6) is 0 Å². The minimum atomic E-state index is -4.28. The van der Waals surface area contributed by atoms with Crippen LogP contribution in [0.2, 0.25) is 0 Å². The average molecular weight is 505 g/mol. The second-order valence-electron chi connectivity index (χ2n) is 7.78. The van der Waals surface area contributed by atoms with Crippen LogP contribution in [0.1, 0.15) is 11.4 Å². The Morgan fingerprint density at radius 3 is 2.31 bits per heavy atom. The molecule has 0 fully saturated rings. The van der Waals surface area contributed by atoms with Gasteiger partial charge in [0.2, 0.25) is 0 Å². The van der Waals surface area contributed by atoms with E-state index >= 15 is 0 Å². The van der Waals surface area contributed by atoms with Gasteiger partial charge in [-0.3, -0.25) is 19.3 Å². The van der Waals surface area contributed by atoms with Gasteiger partial charge >= 0.3 is 0 Å². The van der Waals surface area contributed by atoms with Crippen molar-refractivity contribution >= 4 is 27.8 Å². The van der Waals surface area contributed by atoms with E-state index in [4.69, 9.17) is 0 Å². The van der Waals surface area contributed by atoms with Gasteiger partial charge in [0.1, 0.15) is 12.2 Å². The Morgan fingerprint density at radius 2 is 1.67 bits per heavy atom. The first-order valence-electron chi connectivity index (χ1n) is 11.0. The molecule has 0 atom stereocenters. The molecule has 2 heterocycles. The van der Waals surface area contributed by atoms with Crippen molar-refractivity contribution in [2.45, 2.75) is 11.8 Å². The zero-order valence-electron chi connectivity index (χ0n) is 19.6. The van der Waals surface area contributed by atoms with Gasteiger partial charge in [0, 0.05) is 13.2 Å². The third-order valence-corrected chi connectivity index (χ3v) is 7.23. The molecular weight excluding hydrogens is 480 g/mol. The Morgan fingerprint density at radius 1 is 1.03 bits per heavy atom. The second kappa shape index (κ2) is 10.4. The van der Waals surface area contributed by atoms with Crippen molar-refractivity contribution in [1.29, 1.82) is 0 Å². The third kappa shape index (κ3) is 4.96. The molecule has 0 aliphatic rings. The van der Waals surface area contributed by atoms with Gasteiger partial charge in [-0.15, -0.1) is 0 Å². The molecule has 36 heavy (non-hydrogen) atoms. The lowest BCUT2D eigenvalue weighted by molar-refractivity contribution is -0.119. The number of hydrazone groups is 1. The zero-order chi connectivity index (χ0) is 25.7. The van der Waals surface area contributed by atoms with Crippen molar-refractivity contribution in [3.05, 3.63) is 107 Å². The van der Waals surface area contributed by atoms with E-state index in [0.29, 0.717) is 17.1 Å². The predicted octanol–water partition coefficient (Wildman–Crippen LogP) is 2.23. The van der Waals surface area contributed by atoms with Crippen molar-refractivity contribution in [2.75, 3.05) is 10.8 Å². The topological polar surface area (TPSA) is 119 Å². The van der Waals surface area contributed by atoms with Crippen LogP contribution in [-0.4, -0.2) is 41.4 Å². The summed E-state index contributed by atoms with van der Waals surface area (Å²) in [6.07, 6.45) is 2.91. The van der Waals surface area contributed by atoms with E-state index in [1.165, 1.54) is 23.0 Å². The summed E-state index contributed by atoms with van der Waals surface area (Å²) in [6, 6.07) is 21.7. The van der Waals surface area contributed by atoms with Crippen LogP contribution in [0.3, 0.4) is 0 Å². The number of para-hydroxylation sites is 1.